The highest BCUT2D eigenvalue weighted by Crippen LogP contribution is 2.39. The Kier molecular flexibility index (Phi) is 5.63. The molecule has 0 saturated heterocycles. The summed E-state index contributed by atoms with van der Waals surface area (Å²) in [4.78, 5) is 12.9. The fourth-order valence-electron chi connectivity index (χ4n) is 3.68. The summed E-state index contributed by atoms with van der Waals surface area (Å²) in [6, 6.07) is 12.8. The topological polar surface area (TPSA) is 75.7 Å². The van der Waals surface area contributed by atoms with Gasteiger partial charge in [-0.2, -0.15) is 0 Å². The summed E-state index contributed by atoms with van der Waals surface area (Å²) in [5.74, 6) is 0.401. The van der Waals surface area contributed by atoms with Crippen LogP contribution in [0.2, 0.25) is 0 Å². The van der Waals surface area contributed by atoms with Gasteiger partial charge in [-0.25, -0.2) is 8.42 Å². The van der Waals surface area contributed by atoms with Crippen molar-refractivity contribution in [3.8, 4) is 5.75 Å². The Morgan fingerprint density at radius 2 is 1.90 bits per heavy atom. The van der Waals surface area contributed by atoms with Gasteiger partial charge in [-0.05, 0) is 51.0 Å². The van der Waals surface area contributed by atoms with Crippen molar-refractivity contribution in [2.45, 2.75) is 45.8 Å². The van der Waals surface area contributed by atoms with E-state index in [1.165, 1.54) is 0 Å². The summed E-state index contributed by atoms with van der Waals surface area (Å²) in [5, 5.41) is 3.02. The minimum absolute atomic E-state index is 0.250. The van der Waals surface area contributed by atoms with E-state index in [-0.39, 0.29) is 18.5 Å². The molecule has 1 heterocycles. The van der Waals surface area contributed by atoms with Gasteiger partial charge < -0.3 is 10.1 Å². The number of amides is 1. The van der Waals surface area contributed by atoms with Crippen LogP contribution in [0, 0.1) is 13.8 Å². The molecule has 1 amide bonds. The van der Waals surface area contributed by atoms with E-state index in [2.05, 4.69) is 5.32 Å². The van der Waals surface area contributed by atoms with Gasteiger partial charge in [-0.15, -0.1) is 0 Å². The van der Waals surface area contributed by atoms with E-state index >= 15 is 0 Å². The number of rotatable bonds is 5. The molecule has 0 aromatic heterocycles. The highest BCUT2D eigenvalue weighted by Gasteiger charge is 2.35. The fourth-order valence-corrected chi connectivity index (χ4v) is 4.60. The summed E-state index contributed by atoms with van der Waals surface area (Å²) < 4.78 is 32.0. The highest BCUT2D eigenvalue weighted by molar-refractivity contribution is 7.92. The Bertz CT molecular complexity index is 1030. The first-order valence-corrected chi connectivity index (χ1v) is 11.4. The molecule has 0 spiro atoms. The second-order valence-electron chi connectivity index (χ2n) is 8.28. The quantitative estimate of drug-likeness (QED) is 0.810. The van der Waals surface area contributed by atoms with Crippen LogP contribution in [0.5, 0.6) is 5.75 Å². The van der Waals surface area contributed by atoms with Crippen LogP contribution in [0.4, 0.5) is 5.69 Å². The van der Waals surface area contributed by atoms with E-state index in [9.17, 15) is 13.2 Å². The molecule has 0 fully saturated rings. The Hall–Kier alpha value is -2.54. The molecule has 3 rings (SSSR count). The number of aryl methyl sites for hydroxylation is 2. The van der Waals surface area contributed by atoms with E-state index < -0.39 is 15.6 Å². The molecule has 29 heavy (non-hydrogen) atoms. The Balaban J connectivity index is 1.85. The molecule has 0 saturated carbocycles. The molecule has 2 aromatic rings. The summed E-state index contributed by atoms with van der Waals surface area (Å²) in [5.41, 5.74) is 2.84. The van der Waals surface area contributed by atoms with Crippen molar-refractivity contribution in [2.24, 2.45) is 0 Å². The van der Waals surface area contributed by atoms with E-state index in [1.54, 1.807) is 12.1 Å². The highest BCUT2D eigenvalue weighted by atomic mass is 32.2. The van der Waals surface area contributed by atoms with Crippen LogP contribution in [0.3, 0.4) is 0 Å². The SMILES string of the molecule is Cc1ccc2c(c1)OC(C)(C)C[C@H]2NC(=O)CN(c1ccccc1C)S(C)(=O)=O. The van der Waals surface area contributed by atoms with Gasteiger partial charge in [-0.3, -0.25) is 9.10 Å². The van der Waals surface area contributed by atoms with E-state index in [1.807, 2.05) is 58.0 Å². The molecule has 7 heteroatoms. The van der Waals surface area contributed by atoms with Crippen molar-refractivity contribution in [1.82, 2.24) is 5.32 Å². The maximum atomic E-state index is 12.9. The first kappa shape index (κ1) is 21.2. The van der Waals surface area contributed by atoms with Gasteiger partial charge >= 0.3 is 0 Å². The first-order chi connectivity index (χ1) is 13.5. The molecule has 0 unspecified atom stereocenters. The molecule has 1 N–H and O–H groups in total. The lowest BCUT2D eigenvalue weighted by Crippen LogP contribution is -2.45. The molecule has 0 bridgehead atoms. The predicted octanol–water partition coefficient (Wildman–Crippen LogP) is 3.49. The summed E-state index contributed by atoms with van der Waals surface area (Å²) in [6.07, 6.45) is 1.71. The largest absolute Gasteiger partial charge is 0.487 e. The lowest BCUT2D eigenvalue weighted by atomic mass is 9.89. The number of carbonyl (C=O) groups excluding carboxylic acids is 1. The van der Waals surface area contributed by atoms with Gasteiger partial charge in [-0.1, -0.05) is 30.3 Å². The Morgan fingerprint density at radius 3 is 2.55 bits per heavy atom. The monoisotopic (exact) mass is 416 g/mol. The minimum Gasteiger partial charge on any atom is -0.487 e. The third kappa shape index (κ3) is 4.90. The van der Waals surface area contributed by atoms with Crippen LogP contribution < -0.4 is 14.4 Å². The van der Waals surface area contributed by atoms with Crippen LogP contribution in [0.25, 0.3) is 0 Å². The number of para-hydroxylation sites is 1. The molecule has 1 aliphatic rings. The Morgan fingerprint density at radius 1 is 1.21 bits per heavy atom. The number of ether oxygens (including phenoxy) is 1. The number of fused-ring (bicyclic) bond motifs is 1. The number of benzene rings is 2. The molecule has 0 radical (unpaired) electrons. The normalized spacial score (nSPS) is 17.8. The van der Waals surface area contributed by atoms with E-state index in [4.69, 9.17) is 4.74 Å². The van der Waals surface area contributed by atoms with Crippen molar-refractivity contribution in [1.29, 1.82) is 0 Å². The molecular formula is C22H28N2O4S. The zero-order valence-corrected chi connectivity index (χ0v) is 18.3. The maximum Gasteiger partial charge on any atom is 0.241 e. The van der Waals surface area contributed by atoms with Crippen molar-refractivity contribution in [3.63, 3.8) is 0 Å². The Labute approximate surface area is 172 Å². The molecule has 6 nitrogen and oxygen atoms in total. The smallest absolute Gasteiger partial charge is 0.241 e. The van der Waals surface area contributed by atoms with Crippen molar-refractivity contribution >= 4 is 21.6 Å². The molecule has 1 atom stereocenters. The summed E-state index contributed by atoms with van der Waals surface area (Å²) in [6.45, 7) is 7.50. The predicted molar refractivity (Wildman–Crippen MR) is 115 cm³/mol. The number of hydrogen-bond donors (Lipinski definition) is 1. The molecule has 1 aliphatic heterocycles. The van der Waals surface area contributed by atoms with Crippen molar-refractivity contribution in [2.75, 3.05) is 17.1 Å². The minimum atomic E-state index is -3.62. The zero-order chi connectivity index (χ0) is 21.4. The number of nitrogens with one attached hydrogen (secondary N) is 1. The molecule has 156 valence electrons. The van der Waals surface area contributed by atoms with E-state index in [0.29, 0.717) is 12.1 Å². The van der Waals surface area contributed by atoms with Crippen LogP contribution in [0.15, 0.2) is 42.5 Å². The second-order valence-corrected chi connectivity index (χ2v) is 10.2. The van der Waals surface area contributed by atoms with Gasteiger partial charge in [0.05, 0.1) is 18.0 Å². The van der Waals surface area contributed by atoms with E-state index in [0.717, 1.165) is 33.0 Å². The third-order valence-corrected chi connectivity index (χ3v) is 6.16. The van der Waals surface area contributed by atoms with Gasteiger partial charge in [0.25, 0.3) is 0 Å². The number of hydrogen-bond acceptors (Lipinski definition) is 4. The van der Waals surface area contributed by atoms with Gasteiger partial charge in [0.15, 0.2) is 0 Å². The number of carbonyl (C=O) groups is 1. The van der Waals surface area contributed by atoms with Gasteiger partial charge in [0.1, 0.15) is 17.9 Å². The first-order valence-electron chi connectivity index (χ1n) is 9.58. The number of nitrogens with zero attached hydrogens (tertiary/aromatic N) is 1. The third-order valence-electron chi connectivity index (χ3n) is 5.03. The van der Waals surface area contributed by atoms with Gasteiger partial charge in [0, 0.05) is 12.0 Å². The maximum absolute atomic E-state index is 12.9. The standard InChI is InChI=1S/C22H28N2O4S/c1-15-10-11-17-18(13-22(3,4)28-20(17)12-15)23-21(25)14-24(29(5,26)27)19-9-7-6-8-16(19)2/h6-12,18H,13-14H2,1-5H3,(H,23,25)/t18-/m1/s1. The summed E-state index contributed by atoms with van der Waals surface area (Å²) >= 11 is 0. The van der Waals surface area contributed by atoms with Crippen molar-refractivity contribution in [3.05, 3.63) is 59.2 Å². The number of anilines is 1. The van der Waals surface area contributed by atoms with Gasteiger partial charge in [0.2, 0.25) is 15.9 Å². The average Bonchev–Trinajstić information content (AvgIpc) is 2.58. The second kappa shape index (κ2) is 7.71. The molecular weight excluding hydrogens is 388 g/mol. The average molecular weight is 417 g/mol. The molecule has 0 aliphatic carbocycles. The lowest BCUT2D eigenvalue weighted by Gasteiger charge is -2.38. The zero-order valence-electron chi connectivity index (χ0n) is 17.5. The summed E-state index contributed by atoms with van der Waals surface area (Å²) in [7, 11) is -3.62. The van der Waals surface area contributed by atoms with Crippen LogP contribution in [-0.2, 0) is 14.8 Å². The lowest BCUT2D eigenvalue weighted by molar-refractivity contribution is -0.120. The molecule has 2 aromatic carbocycles. The van der Waals surface area contributed by atoms with Crippen molar-refractivity contribution < 1.29 is 17.9 Å². The van der Waals surface area contributed by atoms with Crippen LogP contribution in [0.1, 0.15) is 43.0 Å². The van der Waals surface area contributed by atoms with Crippen LogP contribution in [-0.4, -0.2) is 32.7 Å². The van der Waals surface area contributed by atoms with Crippen LogP contribution >= 0.6 is 0 Å². The number of sulfonamides is 1. The fraction of sp³-hybridized carbons (Fsp3) is 0.409.